The summed E-state index contributed by atoms with van der Waals surface area (Å²) in [5.41, 5.74) is 1.52. The Hall–Kier alpha value is -1.72. The fourth-order valence-electron chi connectivity index (χ4n) is 1.47. The molecule has 86 valence electrons. The maximum atomic E-state index is 11.0. The van der Waals surface area contributed by atoms with Crippen molar-refractivity contribution in [3.8, 4) is 0 Å². The van der Waals surface area contributed by atoms with Gasteiger partial charge in [-0.2, -0.15) is 5.10 Å². The average Bonchev–Trinajstić information content (AvgIpc) is 3.03. The highest BCUT2D eigenvalue weighted by atomic mass is 16.4. The Bertz CT molecular complexity index is 417. The Morgan fingerprint density at radius 1 is 1.38 bits per heavy atom. The van der Waals surface area contributed by atoms with Crippen LogP contribution in [0.1, 0.15) is 24.2 Å². The molecule has 0 bridgehead atoms. The number of carbonyl (C=O) groups is 1. The smallest absolute Gasteiger partial charge is 0.326 e. The Morgan fingerprint density at radius 3 is 2.56 bits per heavy atom. The van der Waals surface area contributed by atoms with Crippen LogP contribution in [-0.4, -0.2) is 32.3 Å². The van der Waals surface area contributed by atoms with Gasteiger partial charge in [-0.3, -0.25) is 0 Å². The van der Waals surface area contributed by atoms with Crippen LogP contribution in [0.25, 0.3) is 0 Å². The number of aryl methyl sites for hydroxylation is 2. The molecule has 1 atom stereocenters. The number of carboxylic acids is 1. The van der Waals surface area contributed by atoms with Gasteiger partial charge < -0.3 is 10.4 Å². The van der Waals surface area contributed by atoms with E-state index in [-0.39, 0.29) is 5.92 Å². The number of nitrogens with zero attached hydrogens (tertiary/aromatic N) is 3. The predicted molar refractivity (Wildman–Crippen MR) is 57.1 cm³/mol. The lowest BCUT2D eigenvalue weighted by Crippen LogP contribution is -2.32. The van der Waals surface area contributed by atoms with Crippen molar-refractivity contribution < 1.29 is 9.90 Å². The van der Waals surface area contributed by atoms with Crippen molar-refractivity contribution in [3.63, 3.8) is 0 Å². The number of hydrogen-bond donors (Lipinski definition) is 2. The minimum Gasteiger partial charge on any atom is -0.480 e. The molecule has 0 saturated heterocycles. The summed E-state index contributed by atoms with van der Waals surface area (Å²) >= 11 is 0. The Labute approximate surface area is 93.1 Å². The fraction of sp³-hybridized carbons (Fsp3) is 0.600. The van der Waals surface area contributed by atoms with Crippen LogP contribution in [0.4, 0.5) is 5.95 Å². The summed E-state index contributed by atoms with van der Waals surface area (Å²) in [5.74, 6) is -0.366. The number of aromatic nitrogens is 3. The molecule has 16 heavy (non-hydrogen) atoms. The summed E-state index contributed by atoms with van der Waals surface area (Å²) in [6.45, 7) is 3.64. The van der Waals surface area contributed by atoms with E-state index in [0.717, 1.165) is 24.2 Å². The minimum absolute atomic E-state index is 0.197. The average molecular weight is 222 g/mol. The number of carboxylic acid groups (broad SMARTS) is 1. The molecule has 2 N–H and O–H groups in total. The quantitative estimate of drug-likeness (QED) is 0.782. The van der Waals surface area contributed by atoms with E-state index < -0.39 is 12.0 Å². The van der Waals surface area contributed by atoms with E-state index in [1.165, 1.54) is 0 Å². The van der Waals surface area contributed by atoms with Crippen LogP contribution in [0, 0.1) is 19.8 Å². The van der Waals surface area contributed by atoms with Gasteiger partial charge in [0.25, 0.3) is 0 Å². The number of anilines is 1. The second-order valence-corrected chi connectivity index (χ2v) is 4.10. The maximum absolute atomic E-state index is 11.0. The summed E-state index contributed by atoms with van der Waals surface area (Å²) in [4.78, 5) is 15.2. The lowest BCUT2D eigenvalue weighted by molar-refractivity contribution is -0.138. The van der Waals surface area contributed by atoms with E-state index in [0.29, 0.717) is 5.95 Å². The molecule has 1 unspecified atom stereocenters. The molecule has 2 rings (SSSR count). The van der Waals surface area contributed by atoms with E-state index in [4.69, 9.17) is 5.11 Å². The van der Waals surface area contributed by atoms with Crippen LogP contribution in [-0.2, 0) is 4.79 Å². The molecule has 1 aromatic heterocycles. The molecule has 1 aliphatic carbocycles. The van der Waals surface area contributed by atoms with E-state index in [2.05, 4.69) is 20.5 Å². The van der Waals surface area contributed by atoms with Crippen LogP contribution in [0.2, 0.25) is 0 Å². The topological polar surface area (TPSA) is 88.0 Å². The second kappa shape index (κ2) is 4.03. The maximum Gasteiger partial charge on any atom is 0.326 e. The number of rotatable bonds is 4. The SMILES string of the molecule is Cc1nnc(NC(C(=O)O)C2CC2)nc1C. The van der Waals surface area contributed by atoms with Crippen LogP contribution in [0.15, 0.2) is 0 Å². The molecular formula is C10H14N4O2. The largest absolute Gasteiger partial charge is 0.480 e. The van der Waals surface area contributed by atoms with Gasteiger partial charge in [0.15, 0.2) is 0 Å². The molecule has 0 aliphatic heterocycles. The second-order valence-electron chi connectivity index (χ2n) is 4.10. The molecule has 1 fully saturated rings. The third kappa shape index (κ3) is 2.26. The van der Waals surface area contributed by atoms with Gasteiger partial charge in [0.2, 0.25) is 5.95 Å². The highest BCUT2D eigenvalue weighted by molar-refractivity contribution is 5.77. The molecule has 6 heteroatoms. The van der Waals surface area contributed by atoms with Crippen molar-refractivity contribution in [2.24, 2.45) is 5.92 Å². The lowest BCUT2D eigenvalue weighted by Gasteiger charge is -2.13. The third-order valence-electron chi connectivity index (χ3n) is 2.74. The molecule has 0 spiro atoms. The van der Waals surface area contributed by atoms with Crippen LogP contribution in [0.3, 0.4) is 0 Å². The predicted octanol–water partition coefficient (Wildman–Crippen LogP) is 0.764. The first-order chi connectivity index (χ1) is 7.58. The van der Waals surface area contributed by atoms with E-state index in [9.17, 15) is 4.79 Å². The molecule has 0 aromatic carbocycles. The summed E-state index contributed by atoms with van der Waals surface area (Å²) < 4.78 is 0. The third-order valence-corrected chi connectivity index (χ3v) is 2.74. The molecule has 0 radical (unpaired) electrons. The molecule has 0 amide bonds. The van der Waals surface area contributed by atoms with Crippen molar-refractivity contribution in [2.75, 3.05) is 5.32 Å². The van der Waals surface area contributed by atoms with Crippen molar-refractivity contribution >= 4 is 11.9 Å². The Kier molecular flexibility index (Phi) is 2.72. The standard InChI is InChI=1S/C10H14N4O2/c1-5-6(2)13-14-10(11-5)12-8(9(15)16)7-3-4-7/h7-8H,3-4H2,1-2H3,(H,15,16)(H,11,12,14). The van der Waals surface area contributed by atoms with E-state index in [1.54, 1.807) is 0 Å². The van der Waals surface area contributed by atoms with Gasteiger partial charge in [0.1, 0.15) is 6.04 Å². The van der Waals surface area contributed by atoms with E-state index >= 15 is 0 Å². The van der Waals surface area contributed by atoms with Crippen molar-refractivity contribution in [1.82, 2.24) is 15.2 Å². The van der Waals surface area contributed by atoms with Crippen LogP contribution in [0.5, 0.6) is 0 Å². The zero-order valence-corrected chi connectivity index (χ0v) is 9.27. The fourth-order valence-corrected chi connectivity index (χ4v) is 1.47. The highest BCUT2D eigenvalue weighted by Gasteiger charge is 2.36. The first-order valence-electron chi connectivity index (χ1n) is 5.25. The Balaban J connectivity index is 2.12. The van der Waals surface area contributed by atoms with Crippen LogP contribution < -0.4 is 5.32 Å². The van der Waals surface area contributed by atoms with Crippen molar-refractivity contribution in [2.45, 2.75) is 32.7 Å². The van der Waals surface area contributed by atoms with Gasteiger partial charge >= 0.3 is 5.97 Å². The lowest BCUT2D eigenvalue weighted by atomic mass is 10.2. The van der Waals surface area contributed by atoms with Gasteiger partial charge in [-0.1, -0.05) is 0 Å². The zero-order chi connectivity index (χ0) is 11.7. The molecule has 6 nitrogen and oxygen atoms in total. The monoisotopic (exact) mass is 222 g/mol. The van der Waals surface area contributed by atoms with Gasteiger partial charge in [0.05, 0.1) is 11.4 Å². The minimum atomic E-state index is -0.857. The number of aliphatic carboxylic acids is 1. The van der Waals surface area contributed by atoms with Crippen molar-refractivity contribution in [3.05, 3.63) is 11.4 Å². The first kappa shape index (κ1) is 10.8. The molecule has 1 aromatic rings. The van der Waals surface area contributed by atoms with E-state index in [1.807, 2.05) is 13.8 Å². The normalized spacial score (nSPS) is 16.9. The first-order valence-corrected chi connectivity index (χ1v) is 5.25. The van der Waals surface area contributed by atoms with Gasteiger partial charge in [-0.15, -0.1) is 5.10 Å². The molecule has 1 heterocycles. The summed E-state index contributed by atoms with van der Waals surface area (Å²) in [5, 5.41) is 19.6. The molecular weight excluding hydrogens is 208 g/mol. The van der Waals surface area contributed by atoms with Gasteiger partial charge in [0, 0.05) is 0 Å². The summed E-state index contributed by atoms with van der Waals surface area (Å²) in [7, 11) is 0. The summed E-state index contributed by atoms with van der Waals surface area (Å²) in [6.07, 6.45) is 1.89. The number of hydrogen-bond acceptors (Lipinski definition) is 5. The number of nitrogens with one attached hydrogen (secondary N) is 1. The van der Waals surface area contributed by atoms with Crippen molar-refractivity contribution in [1.29, 1.82) is 0 Å². The van der Waals surface area contributed by atoms with Gasteiger partial charge in [-0.05, 0) is 32.6 Å². The molecule has 1 saturated carbocycles. The highest BCUT2D eigenvalue weighted by Crippen LogP contribution is 2.33. The van der Waals surface area contributed by atoms with Crippen LogP contribution >= 0.6 is 0 Å². The van der Waals surface area contributed by atoms with Gasteiger partial charge in [-0.25, -0.2) is 9.78 Å². The zero-order valence-electron chi connectivity index (χ0n) is 9.27. The summed E-state index contributed by atoms with van der Waals surface area (Å²) in [6, 6.07) is -0.594. The molecule has 1 aliphatic rings. The Morgan fingerprint density at radius 2 is 2.06 bits per heavy atom.